The van der Waals surface area contributed by atoms with Gasteiger partial charge in [0.2, 0.25) is 11.8 Å². The minimum atomic E-state index is -0.277. The summed E-state index contributed by atoms with van der Waals surface area (Å²) in [6.45, 7) is 9.85. The minimum absolute atomic E-state index is 0.0415. The Hall–Kier alpha value is -1.99. The third-order valence-corrected chi connectivity index (χ3v) is 5.54. The van der Waals surface area contributed by atoms with E-state index in [4.69, 9.17) is 0 Å². The van der Waals surface area contributed by atoms with E-state index in [1.807, 2.05) is 13.8 Å². The summed E-state index contributed by atoms with van der Waals surface area (Å²) in [5, 5.41) is 2.99. The number of nitrogens with one attached hydrogen (secondary N) is 1. The summed E-state index contributed by atoms with van der Waals surface area (Å²) in [4.78, 5) is 30.6. The van der Waals surface area contributed by atoms with Gasteiger partial charge in [-0.2, -0.15) is 0 Å². The first-order valence-corrected chi connectivity index (χ1v) is 10.0. The van der Waals surface area contributed by atoms with E-state index in [1.165, 1.54) is 12.1 Å². The third kappa shape index (κ3) is 6.56. The fourth-order valence-corrected chi connectivity index (χ4v) is 3.21. The molecule has 6 nitrogen and oxygen atoms in total. The number of benzene rings is 1. The average molecular weight is 393 g/mol. The van der Waals surface area contributed by atoms with Gasteiger partial charge in [-0.1, -0.05) is 19.1 Å². The molecule has 0 aromatic heterocycles. The predicted molar refractivity (Wildman–Crippen MR) is 108 cm³/mol. The molecule has 2 amide bonds. The number of halogens is 1. The zero-order valence-electron chi connectivity index (χ0n) is 17.4. The Morgan fingerprint density at radius 3 is 2.14 bits per heavy atom. The number of likely N-dealkylation sites (N-methyl/N-ethyl adjacent to an activating group) is 1. The Morgan fingerprint density at radius 2 is 1.61 bits per heavy atom. The number of amides is 2. The molecule has 1 saturated heterocycles. The second-order valence-electron chi connectivity index (χ2n) is 7.66. The zero-order valence-corrected chi connectivity index (χ0v) is 17.4. The van der Waals surface area contributed by atoms with Crippen LogP contribution in [0.5, 0.6) is 0 Å². The number of nitrogens with zero attached hydrogens (tertiary/aromatic N) is 3. The van der Waals surface area contributed by atoms with Crippen molar-refractivity contribution in [2.45, 2.75) is 39.3 Å². The Bertz CT molecular complexity index is 644. The molecule has 2 rings (SSSR count). The summed E-state index contributed by atoms with van der Waals surface area (Å²) in [6, 6.07) is 6.35. The summed E-state index contributed by atoms with van der Waals surface area (Å²) in [5.74, 6) is -0.174. The lowest BCUT2D eigenvalue weighted by Gasteiger charge is -2.35. The molecule has 2 unspecified atom stereocenters. The fourth-order valence-electron chi connectivity index (χ4n) is 3.21. The summed E-state index contributed by atoms with van der Waals surface area (Å²) in [6.07, 6.45) is 0.922. The molecule has 1 N–H and O–H groups in total. The monoisotopic (exact) mass is 392 g/mol. The van der Waals surface area contributed by atoms with E-state index < -0.39 is 0 Å². The van der Waals surface area contributed by atoms with Crippen molar-refractivity contribution in [2.75, 3.05) is 46.3 Å². The molecule has 2 atom stereocenters. The summed E-state index contributed by atoms with van der Waals surface area (Å²) in [5.41, 5.74) is 0.911. The molecule has 1 aliphatic rings. The van der Waals surface area contributed by atoms with E-state index in [9.17, 15) is 14.0 Å². The zero-order chi connectivity index (χ0) is 20.7. The van der Waals surface area contributed by atoms with Gasteiger partial charge in [-0.3, -0.25) is 19.4 Å². The number of hydrogen-bond acceptors (Lipinski definition) is 4. The molecule has 1 heterocycles. The van der Waals surface area contributed by atoms with Crippen molar-refractivity contribution in [3.8, 4) is 0 Å². The molecule has 1 aromatic carbocycles. The lowest BCUT2D eigenvalue weighted by atomic mass is 10.1. The van der Waals surface area contributed by atoms with Crippen molar-refractivity contribution in [2.24, 2.45) is 0 Å². The van der Waals surface area contributed by atoms with Gasteiger partial charge in [-0.15, -0.1) is 0 Å². The lowest BCUT2D eigenvalue weighted by molar-refractivity contribution is -0.134. The highest BCUT2D eigenvalue weighted by Crippen LogP contribution is 2.19. The van der Waals surface area contributed by atoms with Crippen LogP contribution in [0.3, 0.4) is 0 Å². The van der Waals surface area contributed by atoms with Crippen LogP contribution < -0.4 is 5.32 Å². The number of carbonyl (C=O) groups is 2. The summed E-state index contributed by atoms with van der Waals surface area (Å²) < 4.78 is 13.1. The van der Waals surface area contributed by atoms with Gasteiger partial charge >= 0.3 is 0 Å². The quantitative estimate of drug-likeness (QED) is 0.734. The third-order valence-electron chi connectivity index (χ3n) is 5.54. The maximum absolute atomic E-state index is 13.1. The van der Waals surface area contributed by atoms with Crippen molar-refractivity contribution < 1.29 is 14.0 Å². The van der Waals surface area contributed by atoms with Crippen LogP contribution in [0.4, 0.5) is 4.39 Å². The van der Waals surface area contributed by atoms with Crippen molar-refractivity contribution >= 4 is 11.8 Å². The van der Waals surface area contributed by atoms with E-state index in [2.05, 4.69) is 22.0 Å². The topological polar surface area (TPSA) is 55.9 Å². The fraction of sp³-hybridized carbons (Fsp3) is 0.619. The molecule has 28 heavy (non-hydrogen) atoms. The Labute approximate surface area is 167 Å². The van der Waals surface area contributed by atoms with Gasteiger partial charge in [0.15, 0.2) is 0 Å². The molecule has 0 bridgehead atoms. The number of hydrogen-bond donors (Lipinski definition) is 1. The van der Waals surface area contributed by atoms with Gasteiger partial charge < -0.3 is 10.2 Å². The van der Waals surface area contributed by atoms with Gasteiger partial charge in [-0.25, -0.2) is 4.39 Å². The molecule has 0 aliphatic carbocycles. The SMILES string of the molecule is CCC(C)NC(=O)CN1CCN(CC(=O)N(C)C(C)c2ccc(F)cc2)CC1. The van der Waals surface area contributed by atoms with Crippen LogP contribution in [0.15, 0.2) is 24.3 Å². The van der Waals surface area contributed by atoms with E-state index in [0.717, 1.165) is 38.2 Å². The normalized spacial score (nSPS) is 17.8. The Kier molecular flexibility index (Phi) is 8.38. The first-order valence-electron chi connectivity index (χ1n) is 10.0. The average Bonchev–Trinajstić information content (AvgIpc) is 2.68. The predicted octanol–water partition coefficient (Wildman–Crippen LogP) is 1.88. The lowest BCUT2D eigenvalue weighted by Crippen LogP contribution is -2.52. The minimum Gasteiger partial charge on any atom is -0.353 e. The molecule has 7 heteroatoms. The van der Waals surface area contributed by atoms with Crippen molar-refractivity contribution in [1.29, 1.82) is 0 Å². The number of rotatable bonds is 8. The largest absolute Gasteiger partial charge is 0.353 e. The van der Waals surface area contributed by atoms with Gasteiger partial charge in [0.25, 0.3) is 0 Å². The van der Waals surface area contributed by atoms with E-state index in [-0.39, 0.29) is 29.7 Å². The Balaban J connectivity index is 1.76. The van der Waals surface area contributed by atoms with Crippen molar-refractivity contribution in [3.63, 3.8) is 0 Å². The first kappa shape index (κ1) is 22.3. The first-order chi connectivity index (χ1) is 13.3. The van der Waals surface area contributed by atoms with Gasteiger partial charge in [-0.05, 0) is 38.0 Å². The van der Waals surface area contributed by atoms with E-state index >= 15 is 0 Å². The van der Waals surface area contributed by atoms with E-state index in [1.54, 1.807) is 24.1 Å². The highest BCUT2D eigenvalue weighted by Gasteiger charge is 2.24. The highest BCUT2D eigenvalue weighted by atomic mass is 19.1. The van der Waals surface area contributed by atoms with Crippen LogP contribution in [0.2, 0.25) is 0 Å². The smallest absolute Gasteiger partial charge is 0.236 e. The maximum atomic E-state index is 13.1. The van der Waals surface area contributed by atoms with Crippen LogP contribution in [0.1, 0.15) is 38.8 Å². The molecule has 0 spiro atoms. The molecular formula is C21H33FN4O2. The second-order valence-corrected chi connectivity index (χ2v) is 7.66. The van der Waals surface area contributed by atoms with Crippen molar-refractivity contribution in [3.05, 3.63) is 35.6 Å². The van der Waals surface area contributed by atoms with Crippen LogP contribution in [-0.2, 0) is 9.59 Å². The summed E-state index contributed by atoms with van der Waals surface area (Å²) in [7, 11) is 1.78. The van der Waals surface area contributed by atoms with Gasteiger partial charge in [0, 0.05) is 39.3 Å². The van der Waals surface area contributed by atoms with Gasteiger partial charge in [0.1, 0.15) is 5.82 Å². The maximum Gasteiger partial charge on any atom is 0.236 e. The number of carbonyl (C=O) groups excluding carboxylic acids is 2. The van der Waals surface area contributed by atoms with Crippen LogP contribution in [-0.4, -0.2) is 78.9 Å². The Morgan fingerprint density at radius 1 is 1.07 bits per heavy atom. The number of piperazine rings is 1. The molecule has 1 aromatic rings. The summed E-state index contributed by atoms with van der Waals surface area (Å²) >= 11 is 0. The highest BCUT2D eigenvalue weighted by molar-refractivity contribution is 5.79. The molecule has 0 radical (unpaired) electrons. The molecule has 1 aliphatic heterocycles. The van der Waals surface area contributed by atoms with Crippen LogP contribution in [0, 0.1) is 5.82 Å². The van der Waals surface area contributed by atoms with E-state index in [0.29, 0.717) is 13.1 Å². The molecule has 0 saturated carbocycles. The standard InChI is InChI=1S/C21H33FN4O2/c1-5-16(2)23-20(27)14-25-10-12-26(13-11-25)15-21(28)24(4)17(3)18-6-8-19(22)9-7-18/h6-9,16-17H,5,10-15H2,1-4H3,(H,23,27). The van der Waals surface area contributed by atoms with Gasteiger partial charge in [0.05, 0.1) is 19.1 Å². The second kappa shape index (κ2) is 10.5. The van der Waals surface area contributed by atoms with Crippen LogP contribution in [0.25, 0.3) is 0 Å². The van der Waals surface area contributed by atoms with Crippen molar-refractivity contribution in [1.82, 2.24) is 20.0 Å². The molecule has 1 fully saturated rings. The van der Waals surface area contributed by atoms with Crippen LogP contribution >= 0.6 is 0 Å². The molecule has 156 valence electrons. The molecular weight excluding hydrogens is 359 g/mol.